The third-order valence-electron chi connectivity index (χ3n) is 4.01. The number of nitrogens with one attached hydrogen (secondary N) is 1. The first-order valence-electron chi connectivity index (χ1n) is 7.81. The van der Waals surface area contributed by atoms with Crippen LogP contribution in [0.5, 0.6) is 0 Å². The predicted molar refractivity (Wildman–Crippen MR) is 95.9 cm³/mol. The highest BCUT2D eigenvalue weighted by molar-refractivity contribution is 7.98. The number of nitrogens with zero attached hydrogens (tertiary/aromatic N) is 1. The van der Waals surface area contributed by atoms with Gasteiger partial charge in [-0.05, 0) is 43.0 Å². The Morgan fingerprint density at radius 1 is 1.09 bits per heavy atom. The van der Waals surface area contributed by atoms with Gasteiger partial charge in [-0.15, -0.1) is 11.8 Å². The third-order valence-corrected chi connectivity index (χ3v) is 5.15. The average molecular weight is 310 g/mol. The van der Waals surface area contributed by atoms with Crippen LogP contribution in [0.4, 0.5) is 0 Å². The third kappa shape index (κ3) is 3.53. The van der Waals surface area contributed by atoms with Crippen molar-refractivity contribution < 1.29 is 0 Å². The molecule has 0 bridgehead atoms. The van der Waals surface area contributed by atoms with Crippen LogP contribution in [-0.2, 0) is 5.75 Å². The monoisotopic (exact) mass is 310 g/mol. The molecule has 2 aromatic carbocycles. The number of rotatable bonds is 4. The number of aliphatic imine (C=N–C) groups is 1. The second-order valence-corrected chi connectivity index (χ2v) is 6.73. The maximum Gasteiger partial charge on any atom is 0.129 e. The van der Waals surface area contributed by atoms with Crippen molar-refractivity contribution in [1.29, 1.82) is 0 Å². The van der Waals surface area contributed by atoms with Crippen molar-refractivity contribution in [2.75, 3.05) is 13.1 Å². The van der Waals surface area contributed by atoms with Crippen LogP contribution in [0.3, 0.4) is 0 Å². The molecule has 3 heteroatoms. The molecule has 0 saturated carbocycles. The molecule has 0 aliphatic carbocycles. The molecular weight excluding hydrogens is 288 g/mol. The SMILES string of the molecule is Cc1ccc(CSc2ccccc2C2=NCCCN2)cc1C. The van der Waals surface area contributed by atoms with Crippen molar-refractivity contribution in [2.45, 2.75) is 30.9 Å². The molecule has 0 unspecified atom stereocenters. The second kappa shape index (κ2) is 7.01. The van der Waals surface area contributed by atoms with E-state index >= 15 is 0 Å². The van der Waals surface area contributed by atoms with Gasteiger partial charge in [0, 0.05) is 29.3 Å². The van der Waals surface area contributed by atoms with Crippen LogP contribution in [0.1, 0.15) is 28.7 Å². The molecule has 0 radical (unpaired) electrons. The molecule has 0 spiro atoms. The Labute approximate surface area is 137 Å². The highest BCUT2D eigenvalue weighted by atomic mass is 32.2. The zero-order valence-corrected chi connectivity index (χ0v) is 14.0. The molecule has 0 atom stereocenters. The van der Waals surface area contributed by atoms with Gasteiger partial charge in [-0.3, -0.25) is 4.99 Å². The standard InChI is InChI=1S/C19H22N2S/c1-14-8-9-16(12-15(14)2)13-22-18-7-4-3-6-17(18)19-20-10-5-11-21-19/h3-4,6-9,12H,5,10-11,13H2,1-2H3,(H,20,21). The van der Waals surface area contributed by atoms with Crippen LogP contribution in [0.15, 0.2) is 52.4 Å². The van der Waals surface area contributed by atoms with E-state index in [9.17, 15) is 0 Å². The number of amidine groups is 1. The summed E-state index contributed by atoms with van der Waals surface area (Å²) in [5.74, 6) is 2.04. The quantitative estimate of drug-likeness (QED) is 0.850. The van der Waals surface area contributed by atoms with E-state index in [-0.39, 0.29) is 0 Å². The van der Waals surface area contributed by atoms with Gasteiger partial charge >= 0.3 is 0 Å². The van der Waals surface area contributed by atoms with E-state index < -0.39 is 0 Å². The molecule has 0 amide bonds. The first-order chi connectivity index (χ1) is 10.7. The molecule has 1 aliphatic rings. The van der Waals surface area contributed by atoms with E-state index in [1.807, 2.05) is 11.8 Å². The van der Waals surface area contributed by atoms with E-state index in [1.54, 1.807) is 0 Å². The number of benzene rings is 2. The average Bonchev–Trinajstić information content (AvgIpc) is 2.57. The summed E-state index contributed by atoms with van der Waals surface area (Å²) in [6.07, 6.45) is 1.13. The highest BCUT2D eigenvalue weighted by Gasteiger charge is 2.11. The second-order valence-electron chi connectivity index (χ2n) is 5.71. The van der Waals surface area contributed by atoms with Crippen molar-refractivity contribution in [1.82, 2.24) is 5.32 Å². The summed E-state index contributed by atoms with van der Waals surface area (Å²) in [6, 6.07) is 15.3. The first kappa shape index (κ1) is 15.2. The molecule has 1 heterocycles. The van der Waals surface area contributed by atoms with Gasteiger partial charge in [-0.25, -0.2) is 0 Å². The Balaban J connectivity index is 1.77. The minimum absolute atomic E-state index is 0.929. The van der Waals surface area contributed by atoms with E-state index in [2.05, 4.69) is 66.6 Å². The normalized spacial score (nSPS) is 14.4. The largest absolute Gasteiger partial charge is 0.370 e. The van der Waals surface area contributed by atoms with Gasteiger partial charge in [0.15, 0.2) is 0 Å². The van der Waals surface area contributed by atoms with Crippen LogP contribution in [0, 0.1) is 13.8 Å². The lowest BCUT2D eigenvalue weighted by molar-refractivity contribution is 0.741. The van der Waals surface area contributed by atoms with E-state index in [4.69, 9.17) is 0 Å². The molecule has 1 aliphatic heterocycles. The van der Waals surface area contributed by atoms with Crippen LogP contribution < -0.4 is 5.32 Å². The van der Waals surface area contributed by atoms with E-state index in [0.29, 0.717) is 0 Å². The Morgan fingerprint density at radius 3 is 2.73 bits per heavy atom. The number of aryl methyl sites for hydroxylation is 2. The van der Waals surface area contributed by atoms with Crippen molar-refractivity contribution in [3.63, 3.8) is 0 Å². The Bertz CT molecular complexity index is 692. The molecular formula is C19H22N2S. The summed E-state index contributed by atoms with van der Waals surface area (Å²) in [6.45, 7) is 6.29. The Hall–Kier alpha value is -1.74. The van der Waals surface area contributed by atoms with Gasteiger partial charge in [-0.1, -0.05) is 36.4 Å². The fourth-order valence-corrected chi connectivity index (χ4v) is 3.55. The minimum Gasteiger partial charge on any atom is -0.370 e. The Kier molecular flexibility index (Phi) is 4.84. The molecule has 114 valence electrons. The Morgan fingerprint density at radius 2 is 1.95 bits per heavy atom. The molecule has 1 N–H and O–H groups in total. The van der Waals surface area contributed by atoms with Crippen LogP contribution >= 0.6 is 11.8 Å². The predicted octanol–water partition coefficient (Wildman–Crippen LogP) is 4.34. The first-order valence-corrected chi connectivity index (χ1v) is 8.79. The van der Waals surface area contributed by atoms with Crippen molar-refractivity contribution in [2.24, 2.45) is 4.99 Å². The molecule has 0 aromatic heterocycles. The van der Waals surface area contributed by atoms with Crippen LogP contribution in [0.2, 0.25) is 0 Å². The van der Waals surface area contributed by atoms with Gasteiger partial charge < -0.3 is 5.32 Å². The van der Waals surface area contributed by atoms with E-state index in [0.717, 1.165) is 31.1 Å². The van der Waals surface area contributed by atoms with Crippen LogP contribution in [0.25, 0.3) is 0 Å². The minimum atomic E-state index is 0.929. The maximum atomic E-state index is 4.63. The molecule has 2 nitrogen and oxygen atoms in total. The van der Waals surface area contributed by atoms with E-state index in [1.165, 1.54) is 27.1 Å². The van der Waals surface area contributed by atoms with Gasteiger partial charge in [0.05, 0.1) is 0 Å². The highest BCUT2D eigenvalue weighted by Crippen LogP contribution is 2.27. The lowest BCUT2D eigenvalue weighted by Crippen LogP contribution is -2.30. The lowest BCUT2D eigenvalue weighted by Gasteiger charge is -2.17. The van der Waals surface area contributed by atoms with Crippen LogP contribution in [-0.4, -0.2) is 18.9 Å². The summed E-state index contributed by atoms with van der Waals surface area (Å²) in [7, 11) is 0. The summed E-state index contributed by atoms with van der Waals surface area (Å²) in [5, 5.41) is 3.43. The van der Waals surface area contributed by atoms with Crippen molar-refractivity contribution >= 4 is 17.6 Å². The summed E-state index contributed by atoms with van der Waals surface area (Å²) in [5.41, 5.74) is 5.33. The fourth-order valence-electron chi connectivity index (χ4n) is 2.56. The summed E-state index contributed by atoms with van der Waals surface area (Å²) < 4.78 is 0. The molecule has 0 fully saturated rings. The fraction of sp³-hybridized carbons (Fsp3) is 0.316. The molecule has 2 aromatic rings. The zero-order chi connectivity index (χ0) is 15.4. The molecule has 3 rings (SSSR count). The smallest absolute Gasteiger partial charge is 0.129 e. The number of hydrogen-bond donors (Lipinski definition) is 1. The zero-order valence-electron chi connectivity index (χ0n) is 13.2. The van der Waals surface area contributed by atoms with Crippen molar-refractivity contribution in [3.8, 4) is 0 Å². The lowest BCUT2D eigenvalue weighted by atomic mass is 10.1. The maximum absolute atomic E-state index is 4.63. The summed E-state index contributed by atoms with van der Waals surface area (Å²) >= 11 is 1.89. The number of thioether (sulfide) groups is 1. The van der Waals surface area contributed by atoms with Gasteiger partial charge in [-0.2, -0.15) is 0 Å². The van der Waals surface area contributed by atoms with Gasteiger partial charge in [0.2, 0.25) is 0 Å². The topological polar surface area (TPSA) is 24.4 Å². The van der Waals surface area contributed by atoms with Gasteiger partial charge in [0.1, 0.15) is 5.84 Å². The van der Waals surface area contributed by atoms with Gasteiger partial charge in [0.25, 0.3) is 0 Å². The van der Waals surface area contributed by atoms with Crippen molar-refractivity contribution in [3.05, 3.63) is 64.7 Å². The number of hydrogen-bond acceptors (Lipinski definition) is 3. The summed E-state index contributed by atoms with van der Waals surface area (Å²) in [4.78, 5) is 5.93. The molecule has 22 heavy (non-hydrogen) atoms. The molecule has 0 saturated heterocycles.